The number of nitrogens with one attached hydrogen (secondary N) is 2. The van der Waals surface area contributed by atoms with Crippen LogP contribution in [-0.4, -0.2) is 77.6 Å². The van der Waals surface area contributed by atoms with Crippen LogP contribution in [0.4, 0.5) is 11.6 Å². The van der Waals surface area contributed by atoms with Gasteiger partial charge in [0.2, 0.25) is 11.8 Å². The number of nitrogens with zero attached hydrogens (tertiary/aromatic N) is 4. The Kier molecular flexibility index (Phi) is 5.57. The summed E-state index contributed by atoms with van der Waals surface area (Å²) in [5.41, 5.74) is 1.99. The summed E-state index contributed by atoms with van der Waals surface area (Å²) in [6.45, 7) is 3.89. The predicted molar refractivity (Wildman–Crippen MR) is 122 cm³/mol. The molecular formula is C23H28N6O3. The Labute approximate surface area is 186 Å². The second-order valence-electron chi connectivity index (χ2n) is 8.48. The van der Waals surface area contributed by atoms with E-state index in [0.717, 1.165) is 31.6 Å². The fourth-order valence-corrected chi connectivity index (χ4v) is 3.80. The molecule has 3 aromatic rings. The zero-order chi connectivity index (χ0) is 22.1. The molecule has 32 heavy (non-hydrogen) atoms. The number of carbonyl (C=O) groups is 1. The summed E-state index contributed by atoms with van der Waals surface area (Å²) in [6, 6.07) is 7.32. The van der Waals surface area contributed by atoms with Gasteiger partial charge in [0.05, 0.1) is 24.8 Å². The first kappa shape index (κ1) is 20.6. The number of ether oxygens (including phenoxy) is 2. The van der Waals surface area contributed by atoms with Crippen molar-refractivity contribution in [1.82, 2.24) is 24.8 Å². The Balaban J connectivity index is 1.36. The van der Waals surface area contributed by atoms with Crippen molar-refractivity contribution in [3.05, 3.63) is 36.0 Å². The maximum Gasteiger partial charge on any atom is 0.254 e. The minimum absolute atomic E-state index is 0.0165. The van der Waals surface area contributed by atoms with Crippen LogP contribution in [-0.2, 0) is 0 Å². The van der Waals surface area contributed by atoms with Crippen LogP contribution in [0.3, 0.4) is 0 Å². The first-order chi connectivity index (χ1) is 15.6. The molecule has 0 bridgehead atoms. The van der Waals surface area contributed by atoms with Gasteiger partial charge in [0.15, 0.2) is 0 Å². The van der Waals surface area contributed by atoms with Crippen LogP contribution in [0.5, 0.6) is 11.6 Å². The van der Waals surface area contributed by atoms with E-state index in [2.05, 4.69) is 32.2 Å². The molecule has 1 aliphatic heterocycles. The van der Waals surface area contributed by atoms with Gasteiger partial charge in [-0.1, -0.05) is 0 Å². The highest BCUT2D eigenvalue weighted by molar-refractivity contribution is 5.95. The van der Waals surface area contributed by atoms with Gasteiger partial charge in [0.25, 0.3) is 5.91 Å². The summed E-state index contributed by atoms with van der Waals surface area (Å²) in [5.74, 6) is 2.16. The number of anilines is 2. The van der Waals surface area contributed by atoms with E-state index in [1.54, 1.807) is 13.2 Å². The summed E-state index contributed by atoms with van der Waals surface area (Å²) in [5, 5.41) is 4.08. The summed E-state index contributed by atoms with van der Waals surface area (Å²) >= 11 is 0. The number of fused-ring (bicyclic) bond motifs is 1. The SMILES string of the molecule is COc1cc(C(=O)N2CCN(C)CC2)ccc1Nc1nc(OCC2CC2)c2cc[nH]c2n1. The molecule has 2 fully saturated rings. The number of amides is 1. The summed E-state index contributed by atoms with van der Waals surface area (Å²) in [7, 11) is 3.66. The molecule has 1 saturated carbocycles. The molecule has 2 N–H and O–H groups in total. The number of rotatable bonds is 7. The van der Waals surface area contributed by atoms with Crippen molar-refractivity contribution in [3.63, 3.8) is 0 Å². The quantitative estimate of drug-likeness (QED) is 0.588. The molecule has 9 nitrogen and oxygen atoms in total. The van der Waals surface area contributed by atoms with E-state index in [0.29, 0.717) is 47.0 Å². The number of piperazine rings is 1. The molecule has 0 spiro atoms. The van der Waals surface area contributed by atoms with Gasteiger partial charge in [-0.05, 0) is 50.1 Å². The zero-order valence-electron chi connectivity index (χ0n) is 18.4. The largest absolute Gasteiger partial charge is 0.495 e. The summed E-state index contributed by atoms with van der Waals surface area (Å²) < 4.78 is 11.5. The van der Waals surface area contributed by atoms with Crippen LogP contribution in [0.15, 0.2) is 30.5 Å². The number of aromatic amines is 1. The van der Waals surface area contributed by atoms with E-state index < -0.39 is 0 Å². The lowest BCUT2D eigenvalue weighted by molar-refractivity contribution is 0.0664. The van der Waals surface area contributed by atoms with Crippen molar-refractivity contribution < 1.29 is 14.3 Å². The molecule has 168 valence electrons. The fourth-order valence-electron chi connectivity index (χ4n) is 3.80. The highest BCUT2D eigenvalue weighted by Gasteiger charge is 2.24. The number of aromatic nitrogens is 3. The molecule has 0 atom stereocenters. The van der Waals surface area contributed by atoms with Crippen molar-refractivity contribution in [1.29, 1.82) is 0 Å². The molecule has 3 heterocycles. The Morgan fingerprint density at radius 2 is 2.00 bits per heavy atom. The molecule has 1 amide bonds. The van der Waals surface area contributed by atoms with Crippen LogP contribution in [0.1, 0.15) is 23.2 Å². The van der Waals surface area contributed by atoms with Gasteiger partial charge in [0.1, 0.15) is 11.4 Å². The lowest BCUT2D eigenvalue weighted by Gasteiger charge is -2.32. The van der Waals surface area contributed by atoms with Gasteiger partial charge in [0, 0.05) is 37.9 Å². The van der Waals surface area contributed by atoms with E-state index in [4.69, 9.17) is 9.47 Å². The van der Waals surface area contributed by atoms with Gasteiger partial charge >= 0.3 is 0 Å². The van der Waals surface area contributed by atoms with Gasteiger partial charge < -0.3 is 29.6 Å². The second kappa shape index (κ2) is 8.66. The number of hydrogen-bond acceptors (Lipinski definition) is 7. The number of hydrogen-bond donors (Lipinski definition) is 2. The molecule has 2 aromatic heterocycles. The smallest absolute Gasteiger partial charge is 0.254 e. The summed E-state index contributed by atoms with van der Waals surface area (Å²) in [6.07, 6.45) is 4.25. The highest BCUT2D eigenvalue weighted by Crippen LogP contribution is 2.33. The average Bonchev–Trinajstić information content (AvgIpc) is 3.52. The minimum atomic E-state index is 0.0165. The Bertz CT molecular complexity index is 1120. The van der Waals surface area contributed by atoms with E-state index in [-0.39, 0.29) is 5.91 Å². The van der Waals surface area contributed by atoms with Crippen LogP contribution in [0, 0.1) is 5.92 Å². The molecule has 0 radical (unpaired) electrons. The molecule has 1 aromatic carbocycles. The van der Waals surface area contributed by atoms with Crippen LogP contribution in [0.2, 0.25) is 0 Å². The predicted octanol–water partition coefficient (Wildman–Crippen LogP) is 2.89. The first-order valence-electron chi connectivity index (χ1n) is 11.0. The Hall–Kier alpha value is -3.33. The maximum absolute atomic E-state index is 12.9. The van der Waals surface area contributed by atoms with Crippen molar-refractivity contribution in [2.75, 3.05) is 52.3 Å². The third-order valence-electron chi connectivity index (χ3n) is 6.02. The van der Waals surface area contributed by atoms with E-state index in [1.807, 2.05) is 29.3 Å². The van der Waals surface area contributed by atoms with Crippen LogP contribution < -0.4 is 14.8 Å². The molecule has 0 unspecified atom stereocenters. The second-order valence-corrected chi connectivity index (χ2v) is 8.48. The highest BCUT2D eigenvalue weighted by atomic mass is 16.5. The average molecular weight is 437 g/mol. The number of methoxy groups -OCH3 is 1. The number of H-pyrrole nitrogens is 1. The van der Waals surface area contributed by atoms with Crippen molar-refractivity contribution >= 4 is 28.6 Å². The van der Waals surface area contributed by atoms with E-state index >= 15 is 0 Å². The molecule has 1 saturated heterocycles. The molecule has 1 aliphatic carbocycles. The maximum atomic E-state index is 12.9. The van der Waals surface area contributed by atoms with Crippen molar-refractivity contribution in [2.45, 2.75) is 12.8 Å². The van der Waals surface area contributed by atoms with E-state index in [9.17, 15) is 4.79 Å². The summed E-state index contributed by atoms with van der Waals surface area (Å²) in [4.78, 5) is 29.3. The lowest BCUT2D eigenvalue weighted by atomic mass is 10.1. The minimum Gasteiger partial charge on any atom is -0.495 e. The van der Waals surface area contributed by atoms with Crippen molar-refractivity contribution in [3.8, 4) is 11.6 Å². The lowest BCUT2D eigenvalue weighted by Crippen LogP contribution is -2.47. The molecule has 9 heteroatoms. The number of benzene rings is 1. The Morgan fingerprint density at radius 3 is 2.75 bits per heavy atom. The first-order valence-corrected chi connectivity index (χ1v) is 11.0. The van der Waals surface area contributed by atoms with Gasteiger partial charge in [-0.25, -0.2) is 0 Å². The molecule has 2 aliphatic rings. The monoisotopic (exact) mass is 436 g/mol. The Morgan fingerprint density at radius 1 is 1.19 bits per heavy atom. The number of likely N-dealkylation sites (N-methyl/N-ethyl adjacent to an activating group) is 1. The third-order valence-corrected chi connectivity index (χ3v) is 6.02. The third kappa shape index (κ3) is 4.34. The zero-order valence-corrected chi connectivity index (χ0v) is 18.4. The van der Waals surface area contributed by atoms with Crippen LogP contribution in [0.25, 0.3) is 11.0 Å². The van der Waals surface area contributed by atoms with Gasteiger partial charge in [-0.15, -0.1) is 0 Å². The topological polar surface area (TPSA) is 95.6 Å². The van der Waals surface area contributed by atoms with Crippen LogP contribution >= 0.6 is 0 Å². The molecular weight excluding hydrogens is 408 g/mol. The van der Waals surface area contributed by atoms with Crippen molar-refractivity contribution in [2.24, 2.45) is 5.92 Å². The van der Waals surface area contributed by atoms with Gasteiger partial charge in [-0.2, -0.15) is 9.97 Å². The van der Waals surface area contributed by atoms with E-state index in [1.165, 1.54) is 12.8 Å². The number of carbonyl (C=O) groups excluding carboxylic acids is 1. The normalized spacial score (nSPS) is 16.9. The standard InChI is InChI=1S/C23H28N6O3/c1-28-9-11-29(12-10-28)22(30)16-5-6-18(19(13-16)31-2)25-23-26-20-17(7-8-24-20)21(27-23)32-14-15-3-4-15/h5-8,13,15H,3-4,9-12,14H2,1-2H3,(H2,24,25,26,27). The van der Waals surface area contributed by atoms with Gasteiger partial charge in [-0.3, -0.25) is 4.79 Å². The molecule has 5 rings (SSSR count). The fraction of sp³-hybridized carbons (Fsp3) is 0.435.